The largest absolute Gasteiger partial charge is 0.333 e. The van der Waals surface area contributed by atoms with E-state index in [9.17, 15) is 4.79 Å². The summed E-state index contributed by atoms with van der Waals surface area (Å²) in [6.07, 6.45) is 8.15. The second-order valence-electron chi connectivity index (χ2n) is 7.11. The van der Waals surface area contributed by atoms with Crippen LogP contribution in [0.5, 0.6) is 0 Å². The summed E-state index contributed by atoms with van der Waals surface area (Å²) in [5.41, 5.74) is 2.07. The first kappa shape index (κ1) is 16.3. The number of hydrogen-bond acceptors (Lipinski definition) is 3. The van der Waals surface area contributed by atoms with Gasteiger partial charge in [0.2, 0.25) is 0 Å². The van der Waals surface area contributed by atoms with Crippen LogP contribution in [0.2, 0.25) is 0 Å². The summed E-state index contributed by atoms with van der Waals surface area (Å²) in [7, 11) is 0. The number of benzene rings is 1. The zero-order valence-electron chi connectivity index (χ0n) is 14.5. The van der Waals surface area contributed by atoms with Crippen LogP contribution in [0.1, 0.15) is 47.5 Å². The van der Waals surface area contributed by atoms with Crippen LogP contribution in [-0.4, -0.2) is 41.0 Å². The Bertz CT molecular complexity index is 704. The van der Waals surface area contributed by atoms with Gasteiger partial charge in [0.1, 0.15) is 0 Å². The molecular weight excluding hydrogens is 310 g/mol. The molecule has 0 saturated carbocycles. The van der Waals surface area contributed by atoms with Crippen molar-refractivity contribution in [2.24, 2.45) is 0 Å². The number of hydrogen-bond donors (Lipinski definition) is 1. The van der Waals surface area contributed by atoms with E-state index in [1.165, 1.54) is 24.8 Å². The van der Waals surface area contributed by atoms with Gasteiger partial charge in [-0.05, 0) is 37.1 Å². The molecule has 1 aromatic carbocycles. The van der Waals surface area contributed by atoms with E-state index < -0.39 is 0 Å². The van der Waals surface area contributed by atoms with Crippen molar-refractivity contribution in [1.29, 1.82) is 0 Å². The standard InChI is InChI=1S/C21H25N3O/c25-21(17-10-13-22-14-11-17)24-15-18(16-7-3-1-4-8-16)20-19(24)9-5-2-6-12-23-20/h1,3-4,7-8,10-11,13-14,18-20,23H,2,5-6,9,12,15H2/t18-,19-,20-/m0/s1. The number of aromatic nitrogens is 1. The van der Waals surface area contributed by atoms with Crippen LogP contribution in [-0.2, 0) is 0 Å². The van der Waals surface area contributed by atoms with Gasteiger partial charge in [-0.1, -0.05) is 43.2 Å². The van der Waals surface area contributed by atoms with E-state index in [2.05, 4.69) is 45.5 Å². The minimum absolute atomic E-state index is 0.137. The van der Waals surface area contributed by atoms with E-state index in [-0.39, 0.29) is 11.9 Å². The van der Waals surface area contributed by atoms with Crippen LogP contribution in [0.25, 0.3) is 0 Å². The van der Waals surface area contributed by atoms with E-state index in [4.69, 9.17) is 0 Å². The molecule has 4 heteroatoms. The van der Waals surface area contributed by atoms with Gasteiger partial charge < -0.3 is 10.2 Å². The molecule has 25 heavy (non-hydrogen) atoms. The Morgan fingerprint density at radius 1 is 1.04 bits per heavy atom. The number of rotatable bonds is 2. The molecule has 2 aromatic rings. The molecular formula is C21H25N3O. The van der Waals surface area contributed by atoms with Gasteiger partial charge in [0.25, 0.3) is 5.91 Å². The van der Waals surface area contributed by atoms with Crippen LogP contribution in [0, 0.1) is 0 Å². The van der Waals surface area contributed by atoms with Crippen molar-refractivity contribution >= 4 is 5.91 Å². The molecule has 3 heterocycles. The number of amides is 1. The Balaban J connectivity index is 1.65. The van der Waals surface area contributed by atoms with E-state index in [1.54, 1.807) is 12.4 Å². The van der Waals surface area contributed by atoms with Crippen LogP contribution in [0.15, 0.2) is 54.9 Å². The first-order chi connectivity index (χ1) is 12.3. The third kappa shape index (κ3) is 3.31. The number of pyridine rings is 1. The molecule has 2 aliphatic heterocycles. The normalized spacial score (nSPS) is 26.6. The Kier molecular flexibility index (Phi) is 4.79. The summed E-state index contributed by atoms with van der Waals surface area (Å²) >= 11 is 0. The highest BCUT2D eigenvalue weighted by Crippen LogP contribution is 2.36. The molecule has 0 bridgehead atoms. The molecule has 0 aliphatic carbocycles. The molecule has 3 atom stereocenters. The number of likely N-dealkylation sites (tertiary alicyclic amines) is 1. The summed E-state index contributed by atoms with van der Waals surface area (Å²) in [6.45, 7) is 1.83. The van der Waals surface area contributed by atoms with Gasteiger partial charge in [0.15, 0.2) is 0 Å². The fourth-order valence-electron chi connectivity index (χ4n) is 4.37. The Hall–Kier alpha value is -2.20. The minimum atomic E-state index is 0.137. The highest BCUT2D eigenvalue weighted by molar-refractivity contribution is 5.94. The van der Waals surface area contributed by atoms with Crippen LogP contribution in [0.4, 0.5) is 0 Å². The fourth-order valence-corrected chi connectivity index (χ4v) is 4.37. The van der Waals surface area contributed by atoms with Gasteiger partial charge in [0, 0.05) is 42.5 Å². The summed E-state index contributed by atoms with van der Waals surface area (Å²) < 4.78 is 0. The lowest BCUT2D eigenvalue weighted by Gasteiger charge is -2.31. The first-order valence-corrected chi connectivity index (χ1v) is 9.34. The van der Waals surface area contributed by atoms with Gasteiger partial charge in [-0.2, -0.15) is 0 Å². The molecule has 0 spiro atoms. The molecule has 130 valence electrons. The smallest absolute Gasteiger partial charge is 0.254 e. The molecule has 2 fully saturated rings. The van der Waals surface area contributed by atoms with Crippen LogP contribution in [0.3, 0.4) is 0 Å². The zero-order valence-corrected chi connectivity index (χ0v) is 14.5. The Morgan fingerprint density at radius 2 is 1.84 bits per heavy atom. The average molecular weight is 335 g/mol. The zero-order chi connectivity index (χ0) is 17.1. The number of nitrogens with one attached hydrogen (secondary N) is 1. The molecule has 1 N–H and O–H groups in total. The molecule has 1 amide bonds. The molecule has 0 unspecified atom stereocenters. The quantitative estimate of drug-likeness (QED) is 0.916. The lowest BCUT2D eigenvalue weighted by atomic mass is 9.88. The first-order valence-electron chi connectivity index (χ1n) is 9.34. The maximum atomic E-state index is 13.1. The lowest BCUT2D eigenvalue weighted by Crippen LogP contribution is -2.47. The van der Waals surface area contributed by atoms with Gasteiger partial charge in [-0.3, -0.25) is 9.78 Å². The van der Waals surface area contributed by atoms with Crippen LogP contribution < -0.4 is 5.32 Å². The topological polar surface area (TPSA) is 45.2 Å². The third-order valence-corrected chi connectivity index (χ3v) is 5.61. The van der Waals surface area contributed by atoms with Crippen LogP contribution >= 0.6 is 0 Å². The maximum absolute atomic E-state index is 13.1. The predicted octanol–water partition coefficient (Wildman–Crippen LogP) is 3.22. The van der Waals surface area contributed by atoms with Crippen molar-refractivity contribution < 1.29 is 4.79 Å². The molecule has 1 aromatic heterocycles. The lowest BCUT2D eigenvalue weighted by molar-refractivity contribution is 0.0713. The van der Waals surface area contributed by atoms with E-state index in [0.29, 0.717) is 12.0 Å². The van der Waals surface area contributed by atoms with Gasteiger partial charge in [-0.25, -0.2) is 0 Å². The summed E-state index contributed by atoms with van der Waals surface area (Å²) in [6, 6.07) is 14.9. The molecule has 2 aliphatic rings. The van der Waals surface area contributed by atoms with Crippen molar-refractivity contribution in [2.45, 2.75) is 43.7 Å². The van der Waals surface area contributed by atoms with Gasteiger partial charge in [-0.15, -0.1) is 0 Å². The number of nitrogens with zero attached hydrogens (tertiary/aromatic N) is 2. The van der Waals surface area contributed by atoms with Crippen molar-refractivity contribution in [3.8, 4) is 0 Å². The molecule has 0 radical (unpaired) electrons. The second-order valence-corrected chi connectivity index (χ2v) is 7.11. The third-order valence-electron chi connectivity index (χ3n) is 5.61. The Morgan fingerprint density at radius 3 is 2.64 bits per heavy atom. The molecule has 4 rings (SSSR count). The molecule has 2 saturated heterocycles. The van der Waals surface area contributed by atoms with Crippen molar-refractivity contribution in [1.82, 2.24) is 15.2 Å². The number of carbonyl (C=O) groups excluding carboxylic acids is 1. The van der Waals surface area contributed by atoms with Crippen molar-refractivity contribution in [2.75, 3.05) is 13.1 Å². The monoisotopic (exact) mass is 335 g/mol. The highest BCUT2D eigenvalue weighted by atomic mass is 16.2. The van der Waals surface area contributed by atoms with E-state index in [0.717, 1.165) is 25.1 Å². The minimum Gasteiger partial charge on any atom is -0.333 e. The molecule has 4 nitrogen and oxygen atoms in total. The van der Waals surface area contributed by atoms with E-state index >= 15 is 0 Å². The number of fused-ring (bicyclic) bond motifs is 1. The highest BCUT2D eigenvalue weighted by Gasteiger charge is 2.44. The summed E-state index contributed by atoms with van der Waals surface area (Å²) in [5, 5.41) is 3.76. The van der Waals surface area contributed by atoms with Crippen molar-refractivity contribution in [3.05, 3.63) is 66.0 Å². The summed E-state index contributed by atoms with van der Waals surface area (Å²) in [4.78, 5) is 19.3. The average Bonchev–Trinajstić information content (AvgIpc) is 2.99. The maximum Gasteiger partial charge on any atom is 0.254 e. The van der Waals surface area contributed by atoms with Gasteiger partial charge >= 0.3 is 0 Å². The number of carbonyl (C=O) groups is 1. The summed E-state index contributed by atoms with van der Waals surface area (Å²) in [5.74, 6) is 0.494. The van der Waals surface area contributed by atoms with E-state index in [1.807, 2.05) is 12.1 Å². The second kappa shape index (κ2) is 7.36. The van der Waals surface area contributed by atoms with Crippen molar-refractivity contribution in [3.63, 3.8) is 0 Å². The predicted molar refractivity (Wildman–Crippen MR) is 98.5 cm³/mol. The van der Waals surface area contributed by atoms with Gasteiger partial charge in [0.05, 0.1) is 0 Å². The fraction of sp³-hybridized carbons (Fsp3) is 0.429. The SMILES string of the molecule is O=C(c1ccncc1)N1C[C@@H](c2ccccc2)[C@@H]2NCCCCC[C@@H]21. The Labute approximate surface area is 149 Å².